The van der Waals surface area contributed by atoms with E-state index in [1.54, 1.807) is 0 Å². The molecule has 1 saturated heterocycles. The molecule has 2 rings (SSSR count). The first kappa shape index (κ1) is 16.0. The maximum Gasteiger partial charge on any atom is 0.314 e. The van der Waals surface area contributed by atoms with Gasteiger partial charge >= 0.3 is 5.97 Å². The molecule has 1 aromatic rings. The average Bonchev–Trinajstić information content (AvgIpc) is 2.49. The first-order chi connectivity index (χ1) is 10.0. The smallest absolute Gasteiger partial charge is 0.314 e. The zero-order valence-corrected chi connectivity index (χ0v) is 13.4. The van der Waals surface area contributed by atoms with Gasteiger partial charge in [0.05, 0.1) is 5.41 Å². The summed E-state index contributed by atoms with van der Waals surface area (Å²) in [5.41, 5.74) is 0.252. The lowest BCUT2D eigenvalue weighted by atomic mass is 9.72. The summed E-state index contributed by atoms with van der Waals surface area (Å²) in [5, 5.41) is 9.81. The molecule has 0 bridgehead atoms. The van der Waals surface area contributed by atoms with Crippen LogP contribution >= 0.6 is 0 Å². The van der Waals surface area contributed by atoms with Crippen molar-refractivity contribution in [1.29, 1.82) is 0 Å². The molecule has 0 aliphatic carbocycles. The van der Waals surface area contributed by atoms with E-state index < -0.39 is 11.4 Å². The third-order valence-electron chi connectivity index (χ3n) is 5.04. The van der Waals surface area contributed by atoms with Crippen LogP contribution in [0.1, 0.15) is 45.6 Å². The Hall–Kier alpha value is -1.35. The SMILES string of the molecule is CCC(C(C)C)N1CCC(C(=O)O)(c2ccccc2)CC1. The van der Waals surface area contributed by atoms with E-state index in [9.17, 15) is 9.90 Å². The molecule has 0 radical (unpaired) electrons. The molecule has 1 unspecified atom stereocenters. The molecule has 3 nitrogen and oxygen atoms in total. The van der Waals surface area contributed by atoms with Crippen LogP contribution < -0.4 is 0 Å². The van der Waals surface area contributed by atoms with Gasteiger partial charge in [0.1, 0.15) is 0 Å². The second-order valence-corrected chi connectivity index (χ2v) is 6.51. The van der Waals surface area contributed by atoms with Gasteiger partial charge in [0, 0.05) is 6.04 Å². The van der Waals surface area contributed by atoms with Crippen LogP contribution in [0.2, 0.25) is 0 Å². The van der Waals surface area contributed by atoms with Crippen LogP contribution in [0.3, 0.4) is 0 Å². The van der Waals surface area contributed by atoms with Gasteiger partial charge < -0.3 is 10.0 Å². The second-order valence-electron chi connectivity index (χ2n) is 6.51. The van der Waals surface area contributed by atoms with Crippen LogP contribution in [0.4, 0.5) is 0 Å². The van der Waals surface area contributed by atoms with Gasteiger partial charge in [0.25, 0.3) is 0 Å². The minimum atomic E-state index is -0.701. The predicted octanol–water partition coefficient (Wildman–Crippen LogP) is 3.54. The summed E-state index contributed by atoms with van der Waals surface area (Å²) in [5.74, 6) is -0.0602. The fourth-order valence-electron chi connectivity index (χ4n) is 3.77. The average molecular weight is 289 g/mol. The Labute approximate surface area is 128 Å². The third-order valence-corrected chi connectivity index (χ3v) is 5.04. The number of likely N-dealkylation sites (tertiary alicyclic amines) is 1. The molecule has 0 aromatic heterocycles. The molecule has 3 heteroatoms. The predicted molar refractivity (Wildman–Crippen MR) is 85.5 cm³/mol. The largest absolute Gasteiger partial charge is 0.481 e. The fourth-order valence-corrected chi connectivity index (χ4v) is 3.77. The van der Waals surface area contributed by atoms with Crippen molar-refractivity contribution in [2.75, 3.05) is 13.1 Å². The van der Waals surface area contributed by atoms with Crippen molar-refractivity contribution in [3.63, 3.8) is 0 Å². The lowest BCUT2D eigenvalue weighted by Crippen LogP contribution is -2.51. The molecule has 1 N–H and O–H groups in total. The number of hydrogen-bond donors (Lipinski definition) is 1. The van der Waals surface area contributed by atoms with Gasteiger partial charge in [-0.25, -0.2) is 0 Å². The summed E-state index contributed by atoms with van der Waals surface area (Å²) in [6, 6.07) is 10.3. The maximum atomic E-state index is 11.9. The number of carboxylic acid groups (broad SMARTS) is 1. The molecule has 0 amide bonds. The molecule has 1 heterocycles. The normalized spacial score (nSPS) is 20.4. The van der Waals surface area contributed by atoms with Crippen molar-refractivity contribution >= 4 is 5.97 Å². The molecule has 1 fully saturated rings. The molecule has 1 aliphatic rings. The molecule has 1 aromatic carbocycles. The van der Waals surface area contributed by atoms with Crippen LogP contribution in [-0.2, 0) is 10.2 Å². The van der Waals surface area contributed by atoms with Gasteiger partial charge in [-0.15, -0.1) is 0 Å². The highest BCUT2D eigenvalue weighted by Crippen LogP contribution is 2.37. The number of rotatable bonds is 5. The highest BCUT2D eigenvalue weighted by molar-refractivity contribution is 5.81. The lowest BCUT2D eigenvalue weighted by Gasteiger charge is -2.43. The van der Waals surface area contributed by atoms with Crippen LogP contribution in [0, 0.1) is 5.92 Å². The number of carbonyl (C=O) groups is 1. The van der Waals surface area contributed by atoms with Crippen LogP contribution in [0.5, 0.6) is 0 Å². The molecule has 21 heavy (non-hydrogen) atoms. The van der Waals surface area contributed by atoms with E-state index in [0.29, 0.717) is 24.8 Å². The van der Waals surface area contributed by atoms with E-state index in [4.69, 9.17) is 0 Å². The lowest BCUT2D eigenvalue weighted by molar-refractivity contribution is -0.146. The number of piperidine rings is 1. The standard InChI is InChI=1S/C18H27NO2/c1-4-16(14(2)3)19-12-10-18(11-13-19,17(20)21)15-8-6-5-7-9-15/h5-9,14,16H,4,10-13H2,1-3H3,(H,20,21). The zero-order chi connectivity index (χ0) is 15.5. The minimum absolute atomic E-state index is 0.563. The van der Waals surface area contributed by atoms with Gasteiger partial charge in [-0.3, -0.25) is 4.79 Å². The van der Waals surface area contributed by atoms with E-state index in [2.05, 4.69) is 25.7 Å². The number of hydrogen-bond acceptors (Lipinski definition) is 2. The van der Waals surface area contributed by atoms with Crippen LogP contribution in [-0.4, -0.2) is 35.1 Å². The highest BCUT2D eigenvalue weighted by atomic mass is 16.4. The van der Waals surface area contributed by atoms with Crippen molar-refractivity contribution in [2.24, 2.45) is 5.92 Å². The highest BCUT2D eigenvalue weighted by Gasteiger charge is 2.43. The quantitative estimate of drug-likeness (QED) is 0.901. The number of aliphatic carboxylic acids is 1. The van der Waals surface area contributed by atoms with Gasteiger partial charge in [-0.1, -0.05) is 51.1 Å². The van der Waals surface area contributed by atoms with Crippen molar-refractivity contribution in [3.8, 4) is 0 Å². The first-order valence-corrected chi connectivity index (χ1v) is 8.04. The second kappa shape index (κ2) is 6.61. The number of carboxylic acids is 1. The molecular formula is C18H27NO2. The zero-order valence-electron chi connectivity index (χ0n) is 13.4. The van der Waals surface area contributed by atoms with Gasteiger partial charge in [-0.2, -0.15) is 0 Å². The van der Waals surface area contributed by atoms with E-state index in [1.165, 1.54) is 0 Å². The van der Waals surface area contributed by atoms with E-state index in [1.807, 2.05) is 30.3 Å². The van der Waals surface area contributed by atoms with Crippen molar-refractivity contribution < 1.29 is 9.90 Å². The van der Waals surface area contributed by atoms with E-state index in [-0.39, 0.29) is 0 Å². The van der Waals surface area contributed by atoms with Crippen LogP contribution in [0.25, 0.3) is 0 Å². The molecule has 0 saturated carbocycles. The number of nitrogens with zero attached hydrogens (tertiary/aromatic N) is 1. The Balaban J connectivity index is 2.17. The van der Waals surface area contributed by atoms with Gasteiger partial charge in [0.15, 0.2) is 0 Å². The van der Waals surface area contributed by atoms with Gasteiger partial charge in [0.2, 0.25) is 0 Å². The first-order valence-electron chi connectivity index (χ1n) is 8.04. The monoisotopic (exact) mass is 289 g/mol. The summed E-state index contributed by atoms with van der Waals surface area (Å²) in [6.45, 7) is 8.48. The van der Waals surface area contributed by atoms with Crippen molar-refractivity contribution in [3.05, 3.63) is 35.9 Å². The fraction of sp³-hybridized carbons (Fsp3) is 0.611. The van der Waals surface area contributed by atoms with Crippen molar-refractivity contribution in [2.45, 2.75) is 51.5 Å². The summed E-state index contributed by atoms with van der Waals surface area (Å²) in [4.78, 5) is 14.4. The summed E-state index contributed by atoms with van der Waals surface area (Å²) < 4.78 is 0. The van der Waals surface area contributed by atoms with Crippen molar-refractivity contribution in [1.82, 2.24) is 4.90 Å². The van der Waals surface area contributed by atoms with E-state index >= 15 is 0 Å². The van der Waals surface area contributed by atoms with E-state index in [0.717, 1.165) is 25.1 Å². The Bertz CT molecular complexity index is 461. The summed E-state index contributed by atoms with van der Waals surface area (Å²) >= 11 is 0. The molecule has 1 aliphatic heterocycles. The van der Waals surface area contributed by atoms with Crippen LogP contribution in [0.15, 0.2) is 30.3 Å². The van der Waals surface area contributed by atoms with Gasteiger partial charge in [-0.05, 0) is 43.8 Å². The Morgan fingerprint density at radius 1 is 1.24 bits per heavy atom. The topological polar surface area (TPSA) is 40.5 Å². The number of benzene rings is 1. The molecule has 1 atom stereocenters. The maximum absolute atomic E-state index is 11.9. The molecule has 116 valence electrons. The minimum Gasteiger partial charge on any atom is -0.481 e. The third kappa shape index (κ3) is 3.13. The Kier molecular flexibility index (Phi) is 5.04. The molecular weight excluding hydrogens is 262 g/mol. The molecule has 0 spiro atoms. The summed E-state index contributed by atoms with van der Waals surface area (Å²) in [6.07, 6.45) is 2.54. The summed E-state index contributed by atoms with van der Waals surface area (Å²) in [7, 11) is 0. The Morgan fingerprint density at radius 2 is 1.81 bits per heavy atom. The Morgan fingerprint density at radius 3 is 2.24 bits per heavy atom.